The molecule has 0 fully saturated rings. The van der Waals surface area contributed by atoms with Gasteiger partial charge in [-0.15, -0.1) is 0 Å². The number of nitrogens with one attached hydrogen (secondary N) is 1. The molecule has 1 N–H and O–H groups in total. The second kappa shape index (κ2) is 6.50. The van der Waals surface area contributed by atoms with Gasteiger partial charge in [-0.25, -0.2) is 13.1 Å². The first-order valence-electron chi connectivity index (χ1n) is 6.99. The summed E-state index contributed by atoms with van der Waals surface area (Å²) >= 11 is 0. The van der Waals surface area contributed by atoms with Crippen LogP contribution in [0.4, 0.5) is 0 Å². The van der Waals surface area contributed by atoms with E-state index in [2.05, 4.69) is 9.82 Å². The van der Waals surface area contributed by atoms with Crippen LogP contribution >= 0.6 is 0 Å². The van der Waals surface area contributed by atoms with Crippen molar-refractivity contribution in [1.82, 2.24) is 14.5 Å². The third kappa shape index (κ3) is 3.66. The summed E-state index contributed by atoms with van der Waals surface area (Å²) in [5, 5.41) is 4.31. The Morgan fingerprint density at radius 2 is 1.95 bits per heavy atom. The Kier molecular flexibility index (Phi) is 4.87. The van der Waals surface area contributed by atoms with Crippen molar-refractivity contribution in [3.8, 4) is 5.75 Å². The highest BCUT2D eigenvalue weighted by atomic mass is 32.2. The van der Waals surface area contributed by atoms with Crippen LogP contribution in [0, 0.1) is 20.8 Å². The molecule has 120 valence electrons. The highest BCUT2D eigenvalue weighted by Gasteiger charge is 2.16. The quantitative estimate of drug-likeness (QED) is 0.880. The van der Waals surface area contributed by atoms with Crippen molar-refractivity contribution < 1.29 is 13.2 Å². The lowest BCUT2D eigenvalue weighted by molar-refractivity contribution is 0.414. The normalized spacial score (nSPS) is 11.6. The van der Waals surface area contributed by atoms with Gasteiger partial charge in [0.1, 0.15) is 5.75 Å². The molecule has 0 amide bonds. The zero-order valence-corrected chi connectivity index (χ0v) is 14.1. The van der Waals surface area contributed by atoms with Gasteiger partial charge in [-0.3, -0.25) is 4.68 Å². The minimum absolute atomic E-state index is 0.265. The Morgan fingerprint density at radius 3 is 2.50 bits per heavy atom. The number of aryl methyl sites for hydroxylation is 3. The molecule has 6 nitrogen and oxygen atoms in total. The van der Waals surface area contributed by atoms with Crippen LogP contribution < -0.4 is 9.46 Å². The number of sulfonamides is 1. The molecule has 0 unspecified atom stereocenters. The van der Waals surface area contributed by atoms with Gasteiger partial charge in [-0.05, 0) is 50.6 Å². The Morgan fingerprint density at radius 1 is 1.23 bits per heavy atom. The molecule has 0 aliphatic rings. The van der Waals surface area contributed by atoms with E-state index >= 15 is 0 Å². The standard InChI is InChI=1S/C15H21N3O3S/c1-11-9-14(21-4)5-6-15(11)22(19,20)16-7-8-18-13(3)10-12(2)17-18/h5-6,9-10,16H,7-8H2,1-4H3. The third-order valence-electron chi connectivity index (χ3n) is 3.39. The van der Waals surface area contributed by atoms with Gasteiger partial charge in [0.15, 0.2) is 0 Å². The van der Waals surface area contributed by atoms with Crippen molar-refractivity contribution in [3.63, 3.8) is 0 Å². The Labute approximate surface area is 131 Å². The Bertz CT molecular complexity index is 766. The molecule has 0 saturated carbocycles. The van der Waals surface area contributed by atoms with Crippen LogP contribution in [-0.2, 0) is 16.6 Å². The lowest BCUT2D eigenvalue weighted by Crippen LogP contribution is -2.28. The maximum Gasteiger partial charge on any atom is 0.240 e. The van der Waals surface area contributed by atoms with Crippen molar-refractivity contribution in [2.75, 3.05) is 13.7 Å². The van der Waals surface area contributed by atoms with E-state index < -0.39 is 10.0 Å². The summed E-state index contributed by atoms with van der Waals surface area (Å²) in [5.41, 5.74) is 2.58. The van der Waals surface area contributed by atoms with Crippen LogP contribution in [0.1, 0.15) is 17.0 Å². The number of rotatable bonds is 6. The van der Waals surface area contributed by atoms with Gasteiger partial charge in [0.05, 0.1) is 24.2 Å². The molecule has 7 heteroatoms. The Balaban J connectivity index is 2.07. The average Bonchev–Trinajstić information content (AvgIpc) is 2.76. The lowest BCUT2D eigenvalue weighted by atomic mass is 10.2. The molecule has 2 rings (SSSR count). The molecule has 0 atom stereocenters. The van der Waals surface area contributed by atoms with Gasteiger partial charge in [-0.2, -0.15) is 5.10 Å². The molecule has 1 aromatic heterocycles. The van der Waals surface area contributed by atoms with E-state index in [-0.39, 0.29) is 11.4 Å². The smallest absolute Gasteiger partial charge is 0.240 e. The summed E-state index contributed by atoms with van der Waals surface area (Å²) in [6.45, 7) is 6.39. The number of ether oxygens (including phenoxy) is 1. The van der Waals surface area contributed by atoms with Gasteiger partial charge in [0.2, 0.25) is 10.0 Å². The maximum absolute atomic E-state index is 12.4. The second-order valence-corrected chi connectivity index (χ2v) is 6.91. The van der Waals surface area contributed by atoms with E-state index in [1.54, 1.807) is 36.9 Å². The number of hydrogen-bond donors (Lipinski definition) is 1. The van der Waals surface area contributed by atoms with Crippen LogP contribution in [0.5, 0.6) is 5.75 Å². The molecule has 0 bridgehead atoms. The zero-order chi connectivity index (χ0) is 16.3. The number of aromatic nitrogens is 2. The van der Waals surface area contributed by atoms with E-state index in [1.807, 2.05) is 19.9 Å². The largest absolute Gasteiger partial charge is 0.497 e. The molecule has 0 aliphatic heterocycles. The second-order valence-electron chi connectivity index (χ2n) is 5.18. The zero-order valence-electron chi connectivity index (χ0n) is 13.3. The van der Waals surface area contributed by atoms with Crippen LogP contribution in [0.3, 0.4) is 0 Å². The maximum atomic E-state index is 12.4. The highest BCUT2D eigenvalue weighted by Crippen LogP contribution is 2.20. The van der Waals surface area contributed by atoms with Crippen molar-refractivity contribution in [1.29, 1.82) is 0 Å². The first kappa shape index (κ1) is 16.5. The molecule has 22 heavy (non-hydrogen) atoms. The number of nitrogens with zero attached hydrogens (tertiary/aromatic N) is 2. The van der Waals surface area contributed by atoms with Crippen molar-refractivity contribution in [2.24, 2.45) is 0 Å². The number of benzene rings is 1. The first-order chi connectivity index (χ1) is 10.3. The van der Waals surface area contributed by atoms with Crippen LogP contribution in [0.15, 0.2) is 29.2 Å². The SMILES string of the molecule is COc1ccc(S(=O)(=O)NCCn2nc(C)cc2C)c(C)c1. The summed E-state index contributed by atoms with van der Waals surface area (Å²) in [4.78, 5) is 0.265. The monoisotopic (exact) mass is 323 g/mol. The Hall–Kier alpha value is -1.86. The van der Waals surface area contributed by atoms with Crippen LogP contribution in [0.25, 0.3) is 0 Å². The number of methoxy groups -OCH3 is 1. The topological polar surface area (TPSA) is 73.2 Å². The molecular formula is C15H21N3O3S. The van der Waals surface area contributed by atoms with Gasteiger partial charge in [0.25, 0.3) is 0 Å². The van der Waals surface area contributed by atoms with Gasteiger partial charge < -0.3 is 4.74 Å². The highest BCUT2D eigenvalue weighted by molar-refractivity contribution is 7.89. The van der Waals surface area contributed by atoms with Crippen LogP contribution in [0.2, 0.25) is 0 Å². The van der Waals surface area contributed by atoms with Crippen molar-refractivity contribution >= 4 is 10.0 Å². The first-order valence-corrected chi connectivity index (χ1v) is 8.47. The summed E-state index contributed by atoms with van der Waals surface area (Å²) in [5.74, 6) is 0.638. The average molecular weight is 323 g/mol. The predicted octanol–water partition coefficient (Wildman–Crippen LogP) is 1.80. The fraction of sp³-hybridized carbons (Fsp3) is 0.400. The molecule has 0 radical (unpaired) electrons. The van der Waals surface area contributed by atoms with E-state index in [0.29, 0.717) is 17.9 Å². The predicted molar refractivity (Wildman–Crippen MR) is 84.6 cm³/mol. The molecule has 0 saturated heterocycles. The van der Waals surface area contributed by atoms with Gasteiger partial charge >= 0.3 is 0 Å². The third-order valence-corrected chi connectivity index (χ3v) is 5.01. The van der Waals surface area contributed by atoms with E-state index in [4.69, 9.17) is 4.74 Å². The van der Waals surface area contributed by atoms with E-state index in [1.165, 1.54) is 0 Å². The van der Waals surface area contributed by atoms with E-state index in [9.17, 15) is 8.42 Å². The molecule has 2 aromatic rings. The molecule has 1 aromatic carbocycles. The van der Waals surface area contributed by atoms with E-state index in [0.717, 1.165) is 11.4 Å². The summed E-state index contributed by atoms with van der Waals surface area (Å²) in [6, 6.07) is 6.86. The van der Waals surface area contributed by atoms with Gasteiger partial charge in [0, 0.05) is 12.2 Å². The molecule has 1 heterocycles. The molecule has 0 aliphatic carbocycles. The summed E-state index contributed by atoms with van der Waals surface area (Å²) in [7, 11) is -1.99. The van der Waals surface area contributed by atoms with Crippen molar-refractivity contribution in [2.45, 2.75) is 32.2 Å². The van der Waals surface area contributed by atoms with Crippen LogP contribution in [-0.4, -0.2) is 31.9 Å². The number of hydrogen-bond acceptors (Lipinski definition) is 4. The summed E-state index contributed by atoms with van der Waals surface area (Å²) < 4.78 is 34.2. The van der Waals surface area contributed by atoms with Crippen molar-refractivity contribution in [3.05, 3.63) is 41.2 Å². The lowest BCUT2D eigenvalue weighted by Gasteiger charge is -2.11. The van der Waals surface area contributed by atoms with Gasteiger partial charge in [-0.1, -0.05) is 0 Å². The minimum atomic E-state index is -3.54. The fourth-order valence-electron chi connectivity index (χ4n) is 2.32. The summed E-state index contributed by atoms with van der Waals surface area (Å²) in [6.07, 6.45) is 0. The fourth-order valence-corrected chi connectivity index (χ4v) is 3.56. The molecule has 0 spiro atoms. The minimum Gasteiger partial charge on any atom is -0.497 e. The molecular weight excluding hydrogens is 302 g/mol.